The molecule has 4 aliphatic rings. The highest BCUT2D eigenvalue weighted by Gasteiger charge is 2.48. The maximum absolute atomic E-state index is 16.0. The van der Waals surface area contributed by atoms with E-state index in [-0.39, 0.29) is 5.41 Å². The van der Waals surface area contributed by atoms with E-state index >= 15 is 4.39 Å². The molecule has 2 saturated carbocycles. The van der Waals surface area contributed by atoms with Crippen LogP contribution in [0.4, 0.5) is 20.9 Å². The predicted octanol–water partition coefficient (Wildman–Crippen LogP) is 4.24. The zero-order chi connectivity index (χ0) is 25.0. The third kappa shape index (κ3) is 4.02. The van der Waals surface area contributed by atoms with Crippen molar-refractivity contribution in [3.05, 3.63) is 22.5 Å². The van der Waals surface area contributed by atoms with Crippen LogP contribution in [-0.4, -0.2) is 48.3 Å². The van der Waals surface area contributed by atoms with Crippen LogP contribution in [0.25, 0.3) is 0 Å². The molecule has 2 aromatic rings. The lowest BCUT2D eigenvalue weighted by molar-refractivity contribution is -0.124. The SMILES string of the molecule is N#CC1(NSc2cc(Nc3nnc(C4(C#N)CC4)s3)c(C=N)c(N3CCC4(CC3)COC4)c2F)CC1. The molecule has 9 nitrogen and oxygen atoms in total. The van der Waals surface area contributed by atoms with Crippen molar-refractivity contribution in [2.45, 2.75) is 54.4 Å². The smallest absolute Gasteiger partial charge is 0.210 e. The van der Waals surface area contributed by atoms with Crippen LogP contribution in [0, 0.1) is 39.3 Å². The van der Waals surface area contributed by atoms with E-state index in [1.54, 1.807) is 6.07 Å². The van der Waals surface area contributed by atoms with E-state index in [2.05, 4.69) is 32.4 Å². The molecule has 1 aromatic heterocycles. The van der Waals surface area contributed by atoms with Crippen molar-refractivity contribution in [1.29, 1.82) is 15.9 Å². The Balaban J connectivity index is 1.34. The fourth-order valence-corrected chi connectivity index (χ4v) is 6.62. The van der Waals surface area contributed by atoms with Crippen LogP contribution >= 0.6 is 23.3 Å². The summed E-state index contributed by atoms with van der Waals surface area (Å²) in [6.07, 6.45) is 6.03. The Morgan fingerprint density at radius 3 is 2.44 bits per heavy atom. The summed E-state index contributed by atoms with van der Waals surface area (Å²) >= 11 is 2.43. The average Bonchev–Trinajstić information content (AvgIpc) is 3.80. The molecule has 4 fully saturated rings. The maximum atomic E-state index is 16.0. The summed E-state index contributed by atoms with van der Waals surface area (Å²) in [6, 6.07) is 6.27. The zero-order valence-corrected chi connectivity index (χ0v) is 21.2. The Kier molecular flexibility index (Phi) is 5.68. The van der Waals surface area contributed by atoms with Gasteiger partial charge in [-0.05, 0) is 56.5 Å². The van der Waals surface area contributed by atoms with Gasteiger partial charge in [0.25, 0.3) is 0 Å². The van der Waals surface area contributed by atoms with Crippen LogP contribution in [-0.2, 0) is 10.2 Å². The summed E-state index contributed by atoms with van der Waals surface area (Å²) < 4.78 is 24.6. The van der Waals surface area contributed by atoms with Gasteiger partial charge in [-0.1, -0.05) is 11.3 Å². The Morgan fingerprint density at radius 2 is 1.89 bits per heavy atom. The number of hydrogen-bond acceptors (Lipinski definition) is 11. The van der Waals surface area contributed by atoms with E-state index in [0.717, 1.165) is 63.7 Å². The van der Waals surface area contributed by atoms with Crippen molar-refractivity contribution in [2.75, 3.05) is 36.5 Å². The summed E-state index contributed by atoms with van der Waals surface area (Å²) in [5.74, 6) is -0.398. The molecule has 0 unspecified atom stereocenters. The molecule has 1 spiro atoms. The first-order chi connectivity index (χ1) is 17.4. The number of hydrogen-bond donors (Lipinski definition) is 3. The second-order valence-electron chi connectivity index (χ2n) is 10.3. The lowest BCUT2D eigenvalue weighted by Crippen LogP contribution is -2.51. The molecule has 1 aromatic carbocycles. The highest BCUT2D eigenvalue weighted by molar-refractivity contribution is 7.97. The first-order valence-electron chi connectivity index (χ1n) is 12.0. The van der Waals surface area contributed by atoms with Crippen LogP contribution in [0.15, 0.2) is 11.0 Å². The van der Waals surface area contributed by atoms with E-state index in [1.165, 1.54) is 17.6 Å². The van der Waals surface area contributed by atoms with Gasteiger partial charge < -0.3 is 20.4 Å². The molecule has 2 aliphatic carbocycles. The van der Waals surface area contributed by atoms with Crippen molar-refractivity contribution in [3.63, 3.8) is 0 Å². The monoisotopic (exact) mass is 524 g/mol. The largest absolute Gasteiger partial charge is 0.380 e. The van der Waals surface area contributed by atoms with Gasteiger partial charge in [-0.25, -0.2) is 9.11 Å². The minimum Gasteiger partial charge on any atom is -0.380 e. The standard InChI is InChI=1S/C24H25FN8OS2/c25-18-17(36-32-24(12-28)3-4-24)9-16(29-21-31-30-20(35-21)23(11-27)1-2-23)15(10-26)19(18)33-7-5-22(6-8-33)13-34-14-22/h9-10,26,32H,1-8,13-14H2,(H,29,31). The molecule has 0 amide bonds. The second-order valence-corrected chi connectivity index (χ2v) is 12.1. The number of rotatable bonds is 8. The van der Waals surface area contributed by atoms with Crippen LogP contribution in [0.3, 0.4) is 0 Å². The molecule has 36 heavy (non-hydrogen) atoms. The molecule has 2 aliphatic heterocycles. The van der Waals surface area contributed by atoms with Crippen molar-refractivity contribution < 1.29 is 9.13 Å². The molecule has 0 bridgehead atoms. The summed E-state index contributed by atoms with van der Waals surface area (Å²) in [5, 5.41) is 40.0. The molecule has 186 valence electrons. The molecule has 12 heteroatoms. The molecule has 3 N–H and O–H groups in total. The number of halogens is 1. The van der Waals surface area contributed by atoms with E-state index in [1.807, 2.05) is 4.90 Å². The number of nitriles is 2. The van der Waals surface area contributed by atoms with Gasteiger partial charge in [0.1, 0.15) is 16.0 Å². The first kappa shape index (κ1) is 23.6. The summed E-state index contributed by atoms with van der Waals surface area (Å²) in [4.78, 5) is 2.37. The highest BCUT2D eigenvalue weighted by atomic mass is 32.2. The lowest BCUT2D eigenvalue weighted by atomic mass is 9.76. The van der Waals surface area contributed by atoms with Gasteiger partial charge in [0.2, 0.25) is 5.13 Å². The molecular weight excluding hydrogens is 499 g/mol. The van der Waals surface area contributed by atoms with E-state index in [9.17, 15) is 10.5 Å². The van der Waals surface area contributed by atoms with E-state index in [0.29, 0.717) is 45.1 Å². The molecule has 3 heterocycles. The maximum Gasteiger partial charge on any atom is 0.210 e. The number of ether oxygens (including phenoxy) is 1. The normalized spacial score (nSPS) is 22.2. The first-order valence-corrected chi connectivity index (χ1v) is 13.6. The molecule has 2 saturated heterocycles. The Labute approximate surface area is 216 Å². The van der Waals surface area contributed by atoms with E-state index < -0.39 is 16.8 Å². The molecule has 6 rings (SSSR count). The van der Waals surface area contributed by atoms with Gasteiger partial charge >= 0.3 is 0 Å². The molecule has 0 atom stereocenters. The Bertz CT molecular complexity index is 1290. The van der Waals surface area contributed by atoms with Gasteiger partial charge in [-0.2, -0.15) is 10.5 Å². The Hall–Kier alpha value is -2.77. The zero-order valence-electron chi connectivity index (χ0n) is 19.6. The van der Waals surface area contributed by atoms with Gasteiger partial charge in [-0.15, -0.1) is 10.2 Å². The van der Waals surface area contributed by atoms with Crippen LogP contribution < -0.4 is 14.9 Å². The van der Waals surface area contributed by atoms with Crippen LogP contribution in [0.2, 0.25) is 0 Å². The number of piperidine rings is 1. The van der Waals surface area contributed by atoms with Gasteiger partial charge in [0.05, 0.1) is 41.6 Å². The highest BCUT2D eigenvalue weighted by Crippen LogP contribution is 2.50. The van der Waals surface area contributed by atoms with Crippen LogP contribution in [0.1, 0.15) is 49.1 Å². The number of nitrogens with zero attached hydrogens (tertiary/aromatic N) is 5. The fraction of sp³-hybridized carbons (Fsp3) is 0.542. The average molecular weight is 525 g/mol. The fourth-order valence-electron chi connectivity index (χ4n) is 4.75. The number of benzene rings is 1. The lowest BCUT2D eigenvalue weighted by Gasteiger charge is -2.48. The summed E-state index contributed by atoms with van der Waals surface area (Å²) in [7, 11) is 0. The van der Waals surface area contributed by atoms with Crippen molar-refractivity contribution in [1.82, 2.24) is 14.9 Å². The van der Waals surface area contributed by atoms with Crippen molar-refractivity contribution in [3.8, 4) is 12.1 Å². The quantitative estimate of drug-likeness (QED) is 0.342. The van der Waals surface area contributed by atoms with E-state index in [4.69, 9.17) is 10.1 Å². The predicted molar refractivity (Wildman–Crippen MR) is 135 cm³/mol. The summed E-state index contributed by atoms with van der Waals surface area (Å²) in [5.41, 5.74) is 0.418. The second kappa shape index (κ2) is 8.67. The number of nitrogens with one attached hydrogen (secondary N) is 3. The Morgan fingerprint density at radius 1 is 1.14 bits per heavy atom. The molecular formula is C24H25FN8OS2. The molecule has 0 radical (unpaired) electrons. The van der Waals surface area contributed by atoms with Gasteiger partial charge in [-0.3, -0.25) is 0 Å². The van der Waals surface area contributed by atoms with Crippen LogP contribution in [0.5, 0.6) is 0 Å². The number of anilines is 3. The van der Waals surface area contributed by atoms with Crippen molar-refractivity contribution >= 4 is 46.0 Å². The van der Waals surface area contributed by atoms with Gasteiger partial charge in [0.15, 0.2) is 5.82 Å². The topological polar surface area (TPSA) is 134 Å². The van der Waals surface area contributed by atoms with Crippen molar-refractivity contribution in [2.24, 2.45) is 5.41 Å². The third-order valence-corrected chi connectivity index (χ3v) is 9.76. The minimum absolute atomic E-state index is 0.195. The minimum atomic E-state index is -0.614. The van der Waals surface area contributed by atoms with Gasteiger partial charge in [0, 0.05) is 30.3 Å². The third-order valence-electron chi connectivity index (χ3n) is 7.71. The number of aromatic nitrogens is 2. The summed E-state index contributed by atoms with van der Waals surface area (Å²) in [6.45, 7) is 2.87.